The van der Waals surface area contributed by atoms with Gasteiger partial charge in [0.1, 0.15) is 0 Å². The highest BCUT2D eigenvalue weighted by atomic mass is 32.2. The van der Waals surface area contributed by atoms with Crippen molar-refractivity contribution in [2.24, 2.45) is 0 Å². The van der Waals surface area contributed by atoms with Gasteiger partial charge in [-0.3, -0.25) is 0 Å². The van der Waals surface area contributed by atoms with Gasteiger partial charge in [0.15, 0.2) is 0 Å². The molecule has 0 heterocycles. The van der Waals surface area contributed by atoms with Crippen molar-refractivity contribution < 1.29 is 19.8 Å². The summed E-state index contributed by atoms with van der Waals surface area (Å²) in [5.74, 6) is -1.86. The van der Waals surface area contributed by atoms with Crippen LogP contribution in [0.4, 0.5) is 0 Å². The van der Waals surface area contributed by atoms with E-state index in [1.54, 1.807) is 48.5 Å². The van der Waals surface area contributed by atoms with E-state index < -0.39 is 17.4 Å². The number of aliphatic carboxylic acids is 2. The summed E-state index contributed by atoms with van der Waals surface area (Å²) < 4.78 is 0. The van der Waals surface area contributed by atoms with E-state index in [-0.39, 0.29) is 17.9 Å². The highest BCUT2D eigenvalue weighted by Crippen LogP contribution is 2.35. The van der Waals surface area contributed by atoms with E-state index in [0.29, 0.717) is 11.1 Å². The van der Waals surface area contributed by atoms with E-state index in [1.165, 1.54) is 11.8 Å². The Hall–Kier alpha value is -2.27. The Balaban J connectivity index is 2.40. The van der Waals surface area contributed by atoms with E-state index >= 15 is 0 Å². The summed E-state index contributed by atoms with van der Waals surface area (Å²) in [7, 11) is 0. The molecule has 0 aliphatic rings. The van der Waals surface area contributed by atoms with Gasteiger partial charge in [0.25, 0.3) is 0 Å². The lowest BCUT2D eigenvalue weighted by atomic mass is 9.76. The fourth-order valence-corrected chi connectivity index (χ4v) is 3.67. The van der Waals surface area contributed by atoms with Gasteiger partial charge in [0, 0.05) is 11.7 Å². The SMILES string of the molecule is O=C([O-])CCSCC(C(=O)[O-])(c1ccccc1)c1ccccc1. The molecule has 120 valence electrons. The number of hydrogen-bond acceptors (Lipinski definition) is 5. The molecular formula is C18H16O4S-2. The number of rotatable bonds is 8. The van der Waals surface area contributed by atoms with Gasteiger partial charge in [-0.15, -0.1) is 0 Å². The molecule has 0 N–H and O–H groups in total. The zero-order valence-corrected chi connectivity index (χ0v) is 13.3. The molecule has 0 fully saturated rings. The van der Waals surface area contributed by atoms with E-state index in [1.807, 2.05) is 12.1 Å². The van der Waals surface area contributed by atoms with Crippen LogP contribution in [-0.4, -0.2) is 23.4 Å². The molecular weight excluding hydrogens is 312 g/mol. The Labute approximate surface area is 139 Å². The van der Waals surface area contributed by atoms with Gasteiger partial charge in [-0.2, -0.15) is 11.8 Å². The summed E-state index contributed by atoms with van der Waals surface area (Å²) in [6, 6.07) is 17.8. The van der Waals surface area contributed by atoms with Crippen molar-refractivity contribution in [2.45, 2.75) is 11.8 Å². The first-order valence-electron chi connectivity index (χ1n) is 7.17. The van der Waals surface area contributed by atoms with Crippen LogP contribution in [0.25, 0.3) is 0 Å². The summed E-state index contributed by atoms with van der Waals surface area (Å²) in [5, 5.41) is 22.6. The van der Waals surface area contributed by atoms with Crippen molar-refractivity contribution in [1.29, 1.82) is 0 Å². The molecule has 2 aromatic carbocycles. The number of thioether (sulfide) groups is 1. The van der Waals surface area contributed by atoms with E-state index in [2.05, 4.69) is 0 Å². The maximum Gasteiger partial charge on any atom is 0.0687 e. The first kappa shape index (κ1) is 17.1. The lowest BCUT2D eigenvalue weighted by Crippen LogP contribution is -2.48. The lowest BCUT2D eigenvalue weighted by Gasteiger charge is -2.36. The highest BCUT2D eigenvalue weighted by molar-refractivity contribution is 7.99. The second-order valence-electron chi connectivity index (χ2n) is 5.10. The maximum absolute atomic E-state index is 12.1. The van der Waals surface area contributed by atoms with Crippen molar-refractivity contribution in [1.82, 2.24) is 0 Å². The third kappa shape index (κ3) is 3.93. The third-order valence-corrected chi connectivity index (χ3v) is 4.78. The van der Waals surface area contributed by atoms with Crippen molar-refractivity contribution in [3.8, 4) is 0 Å². The smallest absolute Gasteiger partial charge is 0.0687 e. The lowest BCUT2D eigenvalue weighted by molar-refractivity contribution is -0.311. The van der Waals surface area contributed by atoms with Crippen LogP contribution in [-0.2, 0) is 15.0 Å². The maximum atomic E-state index is 12.1. The van der Waals surface area contributed by atoms with Gasteiger partial charge < -0.3 is 19.8 Å². The van der Waals surface area contributed by atoms with Gasteiger partial charge >= 0.3 is 0 Å². The predicted octanol–water partition coefficient (Wildman–Crippen LogP) is 0.596. The average molecular weight is 328 g/mol. The number of benzene rings is 2. The Kier molecular flexibility index (Phi) is 5.82. The minimum atomic E-state index is -1.32. The summed E-state index contributed by atoms with van der Waals surface area (Å²) in [6.45, 7) is 0. The molecule has 0 saturated heterocycles. The molecule has 23 heavy (non-hydrogen) atoms. The monoisotopic (exact) mass is 328 g/mol. The molecule has 2 rings (SSSR count). The summed E-state index contributed by atoms with van der Waals surface area (Å²) in [6.07, 6.45) is -0.114. The molecule has 0 bridgehead atoms. The number of hydrogen-bond donors (Lipinski definition) is 0. The van der Waals surface area contributed by atoms with Crippen molar-refractivity contribution >= 4 is 23.7 Å². The molecule has 0 atom stereocenters. The number of carboxylic acids is 2. The van der Waals surface area contributed by atoms with E-state index in [9.17, 15) is 19.8 Å². The Bertz CT molecular complexity index is 616. The van der Waals surface area contributed by atoms with Crippen LogP contribution in [0.1, 0.15) is 17.5 Å². The second kappa shape index (κ2) is 7.83. The molecule has 0 aromatic heterocycles. The van der Waals surface area contributed by atoms with Gasteiger partial charge in [-0.1, -0.05) is 60.7 Å². The molecule has 4 nitrogen and oxygen atoms in total. The summed E-state index contributed by atoms with van der Waals surface area (Å²) >= 11 is 1.26. The largest absolute Gasteiger partial charge is 0.550 e. The number of carbonyl (C=O) groups is 2. The minimum Gasteiger partial charge on any atom is -0.550 e. The van der Waals surface area contributed by atoms with E-state index in [4.69, 9.17) is 0 Å². The highest BCUT2D eigenvalue weighted by Gasteiger charge is 2.35. The number of carboxylic acid groups (broad SMARTS) is 2. The number of carbonyl (C=O) groups excluding carboxylic acids is 2. The van der Waals surface area contributed by atoms with E-state index in [0.717, 1.165) is 0 Å². The van der Waals surface area contributed by atoms with Crippen LogP contribution in [0.3, 0.4) is 0 Å². The van der Waals surface area contributed by atoms with Crippen molar-refractivity contribution in [2.75, 3.05) is 11.5 Å². The topological polar surface area (TPSA) is 80.3 Å². The van der Waals surface area contributed by atoms with Gasteiger partial charge in [-0.25, -0.2) is 0 Å². The molecule has 0 radical (unpaired) electrons. The van der Waals surface area contributed by atoms with Crippen LogP contribution in [0, 0.1) is 0 Å². The Morgan fingerprint density at radius 2 is 1.35 bits per heavy atom. The average Bonchev–Trinajstić information content (AvgIpc) is 2.56. The fourth-order valence-electron chi connectivity index (χ4n) is 2.45. The quantitative estimate of drug-likeness (QED) is 0.663. The molecule has 0 amide bonds. The normalized spacial score (nSPS) is 11.1. The second-order valence-corrected chi connectivity index (χ2v) is 6.20. The first-order valence-corrected chi connectivity index (χ1v) is 8.33. The molecule has 0 aliphatic carbocycles. The molecule has 2 aromatic rings. The Morgan fingerprint density at radius 3 is 1.74 bits per heavy atom. The van der Waals surface area contributed by atoms with Crippen LogP contribution < -0.4 is 10.2 Å². The van der Waals surface area contributed by atoms with Crippen LogP contribution in [0.15, 0.2) is 60.7 Å². The fraction of sp³-hybridized carbons (Fsp3) is 0.222. The molecule has 5 heteroatoms. The molecule has 0 spiro atoms. The standard InChI is InChI=1S/C18H18O4S/c19-16(20)11-12-23-13-18(17(21)22,14-7-3-1-4-8-14)15-9-5-2-6-10-15/h1-10H,11-13H2,(H,19,20)(H,21,22)/p-2. The van der Waals surface area contributed by atoms with Gasteiger partial charge in [-0.05, 0) is 23.3 Å². The predicted molar refractivity (Wildman–Crippen MR) is 85.6 cm³/mol. The molecule has 0 unspecified atom stereocenters. The van der Waals surface area contributed by atoms with Gasteiger partial charge in [0.05, 0.1) is 11.4 Å². The van der Waals surface area contributed by atoms with Crippen LogP contribution in [0.2, 0.25) is 0 Å². The zero-order valence-electron chi connectivity index (χ0n) is 12.4. The summed E-state index contributed by atoms with van der Waals surface area (Å²) in [5.41, 5.74) is -0.0849. The van der Waals surface area contributed by atoms with Crippen LogP contribution >= 0.6 is 11.8 Å². The Morgan fingerprint density at radius 1 is 0.870 bits per heavy atom. The summed E-state index contributed by atoms with van der Waals surface area (Å²) in [4.78, 5) is 22.6. The molecule has 0 saturated carbocycles. The molecule has 0 aliphatic heterocycles. The van der Waals surface area contributed by atoms with Crippen LogP contribution in [0.5, 0.6) is 0 Å². The van der Waals surface area contributed by atoms with Gasteiger partial charge in [0.2, 0.25) is 0 Å². The van der Waals surface area contributed by atoms with Crippen molar-refractivity contribution in [3.05, 3.63) is 71.8 Å². The zero-order chi connectivity index (χ0) is 16.7. The first-order chi connectivity index (χ1) is 11.1. The third-order valence-electron chi connectivity index (χ3n) is 3.65. The van der Waals surface area contributed by atoms with Crippen molar-refractivity contribution in [3.63, 3.8) is 0 Å². The minimum absolute atomic E-state index is 0.114.